The monoisotopic (exact) mass is 256 g/mol. The van der Waals surface area contributed by atoms with Crippen LogP contribution in [0.5, 0.6) is 0 Å². The molecule has 0 spiro atoms. The van der Waals surface area contributed by atoms with Crippen molar-refractivity contribution < 1.29 is 14.7 Å². The van der Waals surface area contributed by atoms with Crippen molar-refractivity contribution in [2.45, 2.75) is 52.1 Å². The molecule has 0 fully saturated rings. The van der Waals surface area contributed by atoms with Gasteiger partial charge in [-0.05, 0) is 20.3 Å². The fourth-order valence-electron chi connectivity index (χ4n) is 1.56. The van der Waals surface area contributed by atoms with Crippen molar-refractivity contribution in [3.05, 3.63) is 12.7 Å². The van der Waals surface area contributed by atoms with E-state index >= 15 is 0 Å². The summed E-state index contributed by atoms with van der Waals surface area (Å²) < 4.78 is 0. The second kappa shape index (κ2) is 8.55. The van der Waals surface area contributed by atoms with E-state index in [2.05, 4.69) is 11.9 Å². The van der Waals surface area contributed by atoms with Gasteiger partial charge in [0.15, 0.2) is 0 Å². The second-order valence-electron chi connectivity index (χ2n) is 4.52. The lowest BCUT2D eigenvalue weighted by Crippen LogP contribution is -2.50. The van der Waals surface area contributed by atoms with Gasteiger partial charge < -0.3 is 15.3 Å². The van der Waals surface area contributed by atoms with Crippen LogP contribution >= 0.6 is 0 Å². The van der Waals surface area contributed by atoms with Crippen LogP contribution in [0.3, 0.4) is 0 Å². The Balaban J connectivity index is 4.54. The number of urea groups is 1. The van der Waals surface area contributed by atoms with Gasteiger partial charge in [0.05, 0.1) is 0 Å². The number of rotatable bonds is 8. The Labute approximate surface area is 109 Å². The molecule has 0 aliphatic heterocycles. The predicted octanol–water partition coefficient (Wildman–Crippen LogP) is 2.24. The molecule has 1 atom stereocenters. The molecular formula is C13H24N2O3. The zero-order valence-electron chi connectivity index (χ0n) is 11.5. The van der Waals surface area contributed by atoms with Gasteiger partial charge in [0.2, 0.25) is 0 Å². The largest absolute Gasteiger partial charge is 0.480 e. The summed E-state index contributed by atoms with van der Waals surface area (Å²) in [5.74, 6) is -0.987. The maximum atomic E-state index is 12.0. The number of nitrogens with one attached hydrogen (secondary N) is 1. The molecule has 0 aliphatic rings. The van der Waals surface area contributed by atoms with Gasteiger partial charge in [-0.3, -0.25) is 0 Å². The van der Waals surface area contributed by atoms with Crippen LogP contribution in [0.25, 0.3) is 0 Å². The van der Waals surface area contributed by atoms with Crippen molar-refractivity contribution in [3.8, 4) is 0 Å². The zero-order valence-corrected chi connectivity index (χ0v) is 11.5. The number of hydrogen-bond acceptors (Lipinski definition) is 2. The van der Waals surface area contributed by atoms with Crippen molar-refractivity contribution in [3.63, 3.8) is 0 Å². The standard InChI is InChI=1S/C13H24N2O3/c1-5-7-8-11(12(16)17)14-13(18)15(9-6-2)10(3)4/h6,10-11H,2,5,7-9H2,1,3-4H3,(H,14,18)(H,16,17). The third-order valence-corrected chi connectivity index (χ3v) is 2.65. The maximum absolute atomic E-state index is 12.0. The molecule has 18 heavy (non-hydrogen) atoms. The van der Waals surface area contributed by atoms with E-state index in [9.17, 15) is 9.59 Å². The molecule has 0 bridgehead atoms. The summed E-state index contributed by atoms with van der Waals surface area (Å²) in [6.45, 7) is 9.74. The van der Waals surface area contributed by atoms with Crippen molar-refractivity contribution in [2.24, 2.45) is 0 Å². The summed E-state index contributed by atoms with van der Waals surface area (Å²) >= 11 is 0. The number of carbonyl (C=O) groups is 2. The number of carboxylic acid groups (broad SMARTS) is 1. The molecule has 0 radical (unpaired) electrons. The van der Waals surface area contributed by atoms with Gasteiger partial charge in [-0.15, -0.1) is 6.58 Å². The first-order chi connectivity index (χ1) is 8.43. The summed E-state index contributed by atoms with van der Waals surface area (Å²) in [6, 6.07) is -1.17. The van der Waals surface area contributed by atoms with E-state index in [0.29, 0.717) is 13.0 Å². The quantitative estimate of drug-likeness (QED) is 0.654. The number of nitrogens with zero attached hydrogens (tertiary/aromatic N) is 1. The number of aliphatic carboxylic acids is 1. The Morgan fingerprint density at radius 1 is 1.44 bits per heavy atom. The van der Waals surface area contributed by atoms with E-state index < -0.39 is 12.0 Å². The number of amides is 2. The second-order valence-corrected chi connectivity index (χ2v) is 4.52. The Morgan fingerprint density at radius 2 is 2.06 bits per heavy atom. The molecule has 1 unspecified atom stereocenters. The van der Waals surface area contributed by atoms with Gasteiger partial charge in [-0.1, -0.05) is 25.8 Å². The normalized spacial score (nSPS) is 12.0. The van der Waals surface area contributed by atoms with Gasteiger partial charge in [-0.25, -0.2) is 9.59 Å². The predicted molar refractivity (Wildman–Crippen MR) is 71.5 cm³/mol. The van der Waals surface area contributed by atoms with Crippen LogP contribution in [0.15, 0.2) is 12.7 Å². The molecule has 104 valence electrons. The molecule has 0 rings (SSSR count). The first-order valence-electron chi connectivity index (χ1n) is 6.34. The minimum absolute atomic E-state index is 0.00335. The summed E-state index contributed by atoms with van der Waals surface area (Å²) in [5, 5.41) is 11.6. The molecule has 0 aromatic carbocycles. The van der Waals surface area contributed by atoms with Crippen molar-refractivity contribution in [1.29, 1.82) is 0 Å². The first-order valence-corrected chi connectivity index (χ1v) is 6.34. The molecule has 0 aromatic rings. The fraction of sp³-hybridized carbons (Fsp3) is 0.692. The SMILES string of the molecule is C=CCN(C(=O)NC(CCCC)C(=O)O)C(C)C. The highest BCUT2D eigenvalue weighted by Crippen LogP contribution is 2.04. The van der Waals surface area contributed by atoms with Gasteiger partial charge in [0.25, 0.3) is 0 Å². The molecular weight excluding hydrogens is 232 g/mol. The van der Waals surface area contributed by atoms with Crippen LogP contribution in [0, 0.1) is 0 Å². The minimum Gasteiger partial charge on any atom is -0.480 e. The molecule has 5 heteroatoms. The highest BCUT2D eigenvalue weighted by atomic mass is 16.4. The van der Waals surface area contributed by atoms with Crippen LogP contribution < -0.4 is 5.32 Å². The Kier molecular flexibility index (Phi) is 7.83. The minimum atomic E-state index is -0.987. The van der Waals surface area contributed by atoms with Crippen LogP contribution in [0.1, 0.15) is 40.0 Å². The Morgan fingerprint density at radius 3 is 2.44 bits per heavy atom. The molecule has 5 nitrogen and oxygen atoms in total. The van der Waals surface area contributed by atoms with E-state index in [1.807, 2.05) is 20.8 Å². The lowest BCUT2D eigenvalue weighted by Gasteiger charge is -2.27. The zero-order chi connectivity index (χ0) is 14.1. The smallest absolute Gasteiger partial charge is 0.326 e. The van der Waals surface area contributed by atoms with Crippen molar-refractivity contribution >= 4 is 12.0 Å². The van der Waals surface area contributed by atoms with Gasteiger partial charge >= 0.3 is 12.0 Å². The van der Waals surface area contributed by atoms with Crippen LogP contribution in [-0.2, 0) is 4.79 Å². The molecule has 0 aromatic heterocycles. The number of hydrogen-bond donors (Lipinski definition) is 2. The highest BCUT2D eigenvalue weighted by Gasteiger charge is 2.23. The van der Waals surface area contributed by atoms with Gasteiger partial charge in [-0.2, -0.15) is 0 Å². The third-order valence-electron chi connectivity index (χ3n) is 2.65. The molecule has 0 saturated carbocycles. The lowest BCUT2D eigenvalue weighted by atomic mass is 10.1. The Bertz CT molecular complexity index is 290. The number of carbonyl (C=O) groups excluding carboxylic acids is 1. The summed E-state index contributed by atoms with van der Waals surface area (Å²) in [5.41, 5.74) is 0. The van der Waals surface area contributed by atoms with E-state index in [-0.39, 0.29) is 12.1 Å². The average Bonchev–Trinajstić information content (AvgIpc) is 2.30. The molecule has 0 heterocycles. The molecule has 2 amide bonds. The number of carboxylic acids is 1. The third kappa shape index (κ3) is 5.70. The van der Waals surface area contributed by atoms with E-state index in [1.54, 1.807) is 11.0 Å². The van der Waals surface area contributed by atoms with E-state index in [1.165, 1.54) is 0 Å². The van der Waals surface area contributed by atoms with Crippen LogP contribution in [0.4, 0.5) is 4.79 Å². The average molecular weight is 256 g/mol. The van der Waals surface area contributed by atoms with Crippen LogP contribution in [-0.4, -0.2) is 40.6 Å². The summed E-state index contributed by atoms with van der Waals surface area (Å²) in [4.78, 5) is 24.5. The van der Waals surface area contributed by atoms with E-state index in [4.69, 9.17) is 5.11 Å². The van der Waals surface area contributed by atoms with Gasteiger partial charge in [0, 0.05) is 12.6 Å². The highest BCUT2D eigenvalue weighted by molar-refractivity contribution is 5.82. The van der Waals surface area contributed by atoms with Crippen molar-refractivity contribution in [2.75, 3.05) is 6.54 Å². The topological polar surface area (TPSA) is 69.6 Å². The van der Waals surface area contributed by atoms with E-state index in [0.717, 1.165) is 12.8 Å². The molecule has 0 saturated heterocycles. The molecule has 0 aliphatic carbocycles. The van der Waals surface area contributed by atoms with Gasteiger partial charge in [0.1, 0.15) is 6.04 Å². The molecule has 2 N–H and O–H groups in total. The lowest BCUT2D eigenvalue weighted by molar-refractivity contribution is -0.139. The summed E-state index contributed by atoms with van der Waals surface area (Å²) in [7, 11) is 0. The van der Waals surface area contributed by atoms with Crippen molar-refractivity contribution in [1.82, 2.24) is 10.2 Å². The Hall–Kier alpha value is -1.52. The number of unbranched alkanes of at least 4 members (excludes halogenated alkanes) is 1. The first kappa shape index (κ1) is 16.5. The summed E-state index contributed by atoms with van der Waals surface area (Å²) in [6.07, 6.45) is 3.76. The maximum Gasteiger partial charge on any atom is 0.326 e. The van der Waals surface area contributed by atoms with Crippen LogP contribution in [0.2, 0.25) is 0 Å². The fourth-order valence-corrected chi connectivity index (χ4v) is 1.56.